The van der Waals surface area contributed by atoms with E-state index < -0.39 is 51.7 Å². The zero-order valence-electron chi connectivity index (χ0n) is 13.9. The third-order valence-electron chi connectivity index (χ3n) is 3.59. The zero-order chi connectivity index (χ0) is 23.1. The summed E-state index contributed by atoms with van der Waals surface area (Å²) in [5.41, 5.74) is -2.91. The summed E-state index contributed by atoms with van der Waals surface area (Å²) in [6.07, 6.45) is -6.78. The van der Waals surface area contributed by atoms with Crippen molar-refractivity contribution in [1.29, 1.82) is 0 Å². The molecule has 30 heavy (non-hydrogen) atoms. The number of alkyl halides is 7. The van der Waals surface area contributed by atoms with Crippen molar-refractivity contribution >= 4 is 40.0 Å². The number of pyridine rings is 1. The van der Waals surface area contributed by atoms with Gasteiger partial charge in [-0.15, -0.1) is 0 Å². The Morgan fingerprint density at radius 3 is 2.20 bits per heavy atom. The van der Waals surface area contributed by atoms with Crippen molar-refractivity contribution in [2.24, 2.45) is 0 Å². The third kappa shape index (κ3) is 4.29. The lowest BCUT2D eigenvalue weighted by molar-refractivity contribution is -0.384. The Bertz CT molecular complexity index is 1010. The predicted molar refractivity (Wildman–Crippen MR) is 92.9 cm³/mol. The molecule has 2 rings (SSSR count). The number of carbonyl (C=O) groups is 1. The maximum absolute atomic E-state index is 14.0. The van der Waals surface area contributed by atoms with Gasteiger partial charge >= 0.3 is 18.0 Å². The molecule has 1 N–H and O–H groups in total. The van der Waals surface area contributed by atoms with Gasteiger partial charge in [0.15, 0.2) is 11.6 Å². The minimum absolute atomic E-state index is 0.156. The molecule has 1 amide bonds. The Morgan fingerprint density at radius 1 is 1.10 bits per heavy atom. The molecule has 1 aromatic heterocycles. The van der Waals surface area contributed by atoms with Crippen LogP contribution < -0.4 is 5.32 Å². The lowest BCUT2D eigenvalue weighted by Gasteiger charge is -2.28. The molecule has 0 radical (unpaired) electrons. The van der Waals surface area contributed by atoms with Gasteiger partial charge in [-0.3, -0.25) is 14.9 Å². The molecule has 0 saturated heterocycles. The number of anilines is 1. The number of nitrogens with zero attached hydrogens (tertiary/aromatic N) is 2. The number of nitro benzene ring substituents is 1. The minimum atomic E-state index is -6.63. The van der Waals surface area contributed by atoms with Gasteiger partial charge in [-0.2, -0.15) is 30.7 Å². The standard InChI is InChI=1S/C15H6F8IN3O3/c16-9-3-6(13(17,18)14(19,20)15(21,22)23)5-25-11(9)26-12(28)8-4-7(27(29)30)1-2-10(8)24/h1-5H,(H,25,26,28). The summed E-state index contributed by atoms with van der Waals surface area (Å²) in [6, 6.07) is 2.73. The molecule has 0 bridgehead atoms. The monoisotopic (exact) mass is 555 g/mol. The Hall–Kier alpha value is -2.59. The van der Waals surface area contributed by atoms with Crippen LogP contribution in [0, 0.1) is 19.5 Å². The number of amides is 1. The van der Waals surface area contributed by atoms with Crippen molar-refractivity contribution in [3.8, 4) is 0 Å². The second-order valence-corrected chi connectivity index (χ2v) is 6.74. The van der Waals surface area contributed by atoms with E-state index in [2.05, 4.69) is 4.98 Å². The van der Waals surface area contributed by atoms with Gasteiger partial charge in [0.1, 0.15) is 0 Å². The first-order valence-electron chi connectivity index (χ1n) is 7.33. The van der Waals surface area contributed by atoms with Crippen molar-refractivity contribution < 1.29 is 44.8 Å². The average molecular weight is 555 g/mol. The molecular formula is C15H6F8IN3O3. The summed E-state index contributed by atoms with van der Waals surface area (Å²) in [6.45, 7) is 0. The van der Waals surface area contributed by atoms with Gasteiger partial charge in [0.25, 0.3) is 11.6 Å². The number of rotatable bonds is 5. The fourth-order valence-electron chi connectivity index (χ4n) is 2.04. The highest BCUT2D eigenvalue weighted by Gasteiger charge is 2.73. The number of benzene rings is 1. The quantitative estimate of drug-likeness (QED) is 0.236. The molecule has 2 aromatic rings. The summed E-state index contributed by atoms with van der Waals surface area (Å²) in [4.78, 5) is 25.1. The first-order valence-corrected chi connectivity index (χ1v) is 8.41. The second-order valence-electron chi connectivity index (χ2n) is 5.58. The molecule has 6 nitrogen and oxygen atoms in total. The van der Waals surface area contributed by atoms with Gasteiger partial charge in [0.05, 0.1) is 10.5 Å². The number of non-ortho nitro benzene ring substituents is 1. The van der Waals surface area contributed by atoms with Crippen molar-refractivity contribution in [1.82, 2.24) is 4.98 Å². The highest BCUT2D eigenvalue weighted by atomic mass is 127. The summed E-state index contributed by atoms with van der Waals surface area (Å²) >= 11 is 1.61. The first kappa shape index (κ1) is 23.7. The number of nitro groups is 1. The van der Waals surface area contributed by atoms with E-state index in [0.717, 1.165) is 12.1 Å². The number of halogens is 9. The van der Waals surface area contributed by atoms with Crippen LogP contribution in [-0.4, -0.2) is 27.9 Å². The summed E-state index contributed by atoms with van der Waals surface area (Å²) in [5, 5.41) is 12.5. The van der Waals surface area contributed by atoms with E-state index in [-0.39, 0.29) is 21.4 Å². The van der Waals surface area contributed by atoms with E-state index >= 15 is 0 Å². The number of hydrogen-bond donors (Lipinski definition) is 1. The lowest BCUT2D eigenvalue weighted by Crippen LogP contribution is -2.50. The molecule has 0 aliphatic rings. The van der Waals surface area contributed by atoms with E-state index in [0.29, 0.717) is 0 Å². The molecule has 0 aliphatic carbocycles. The van der Waals surface area contributed by atoms with Crippen LogP contribution in [0.25, 0.3) is 0 Å². The van der Waals surface area contributed by atoms with E-state index in [4.69, 9.17) is 0 Å². The van der Waals surface area contributed by atoms with E-state index in [1.807, 2.05) is 0 Å². The molecule has 0 saturated carbocycles. The molecule has 162 valence electrons. The van der Waals surface area contributed by atoms with Gasteiger partial charge in [-0.25, -0.2) is 9.37 Å². The van der Waals surface area contributed by atoms with Crippen LogP contribution in [0.5, 0.6) is 0 Å². The summed E-state index contributed by atoms with van der Waals surface area (Å²) in [7, 11) is 0. The Morgan fingerprint density at radius 2 is 1.70 bits per heavy atom. The largest absolute Gasteiger partial charge is 0.460 e. The summed E-state index contributed by atoms with van der Waals surface area (Å²) < 4.78 is 104. The molecule has 15 heteroatoms. The summed E-state index contributed by atoms with van der Waals surface area (Å²) in [5.74, 6) is -16.4. The highest BCUT2D eigenvalue weighted by Crippen LogP contribution is 2.51. The van der Waals surface area contributed by atoms with Gasteiger partial charge in [-0.05, 0) is 34.7 Å². The Labute approximate surface area is 174 Å². The smallest absolute Gasteiger partial charge is 0.304 e. The number of hydrogen-bond acceptors (Lipinski definition) is 4. The fourth-order valence-corrected chi connectivity index (χ4v) is 2.62. The maximum atomic E-state index is 14.0. The van der Waals surface area contributed by atoms with E-state index in [9.17, 15) is 50.0 Å². The molecule has 0 unspecified atom stereocenters. The van der Waals surface area contributed by atoms with Crippen LogP contribution in [0.15, 0.2) is 30.5 Å². The number of aromatic nitrogens is 1. The topological polar surface area (TPSA) is 85.1 Å². The van der Waals surface area contributed by atoms with E-state index in [1.165, 1.54) is 6.07 Å². The molecule has 0 spiro atoms. The Kier molecular flexibility index (Phi) is 6.25. The molecule has 1 heterocycles. The van der Waals surface area contributed by atoms with Gasteiger partial charge in [0, 0.05) is 27.5 Å². The predicted octanol–water partition coefficient (Wildman–Crippen LogP) is 5.28. The second kappa shape index (κ2) is 7.92. The van der Waals surface area contributed by atoms with Crippen molar-refractivity contribution in [2.75, 3.05) is 5.32 Å². The normalized spacial score (nSPS) is 12.6. The van der Waals surface area contributed by atoms with Crippen LogP contribution in [0.1, 0.15) is 15.9 Å². The highest BCUT2D eigenvalue weighted by molar-refractivity contribution is 14.1. The Balaban J connectivity index is 2.36. The maximum Gasteiger partial charge on any atom is 0.460 e. The average Bonchev–Trinajstić information content (AvgIpc) is 2.62. The first-order chi connectivity index (χ1) is 13.6. The zero-order valence-corrected chi connectivity index (χ0v) is 16.1. The molecule has 0 fully saturated rings. The van der Waals surface area contributed by atoms with Gasteiger partial charge in [-0.1, -0.05) is 0 Å². The van der Waals surface area contributed by atoms with Crippen LogP contribution in [0.3, 0.4) is 0 Å². The van der Waals surface area contributed by atoms with Crippen LogP contribution >= 0.6 is 22.6 Å². The van der Waals surface area contributed by atoms with Gasteiger partial charge in [0.2, 0.25) is 0 Å². The third-order valence-corrected chi connectivity index (χ3v) is 4.53. The lowest BCUT2D eigenvalue weighted by atomic mass is 10.0. The van der Waals surface area contributed by atoms with Crippen molar-refractivity contribution in [3.63, 3.8) is 0 Å². The number of nitrogens with one attached hydrogen (secondary N) is 1. The SMILES string of the molecule is O=C(Nc1ncc(C(F)(F)C(F)(F)C(F)(F)F)cc1F)c1cc([N+](=O)[O-])ccc1I. The van der Waals surface area contributed by atoms with Crippen LogP contribution in [0.4, 0.5) is 46.6 Å². The molecule has 0 atom stereocenters. The van der Waals surface area contributed by atoms with Crippen molar-refractivity contribution in [2.45, 2.75) is 18.0 Å². The van der Waals surface area contributed by atoms with Crippen LogP contribution in [0.2, 0.25) is 0 Å². The van der Waals surface area contributed by atoms with E-state index in [1.54, 1.807) is 27.9 Å². The molecular weight excluding hydrogens is 549 g/mol. The number of carbonyl (C=O) groups excluding carboxylic acids is 1. The van der Waals surface area contributed by atoms with Crippen molar-refractivity contribution in [3.05, 3.63) is 61.1 Å². The minimum Gasteiger partial charge on any atom is -0.304 e. The van der Waals surface area contributed by atoms with Gasteiger partial charge < -0.3 is 5.32 Å². The van der Waals surface area contributed by atoms with Crippen LogP contribution in [-0.2, 0) is 5.92 Å². The molecule has 1 aromatic carbocycles. The fraction of sp³-hybridized carbons (Fsp3) is 0.200. The molecule has 0 aliphatic heterocycles.